The van der Waals surface area contributed by atoms with E-state index in [2.05, 4.69) is 9.88 Å². The first-order chi connectivity index (χ1) is 15.1. The first-order valence-corrected chi connectivity index (χ1v) is 11.1. The Balaban J connectivity index is 1.34. The second-order valence-electron chi connectivity index (χ2n) is 7.63. The van der Waals surface area contributed by atoms with Crippen LogP contribution in [0.5, 0.6) is 0 Å². The van der Waals surface area contributed by atoms with Crippen molar-refractivity contribution in [2.45, 2.75) is 13.0 Å². The molecule has 1 amide bonds. The zero-order valence-electron chi connectivity index (χ0n) is 17.1. The summed E-state index contributed by atoms with van der Waals surface area (Å²) in [5.74, 6) is 0.937. The maximum atomic E-state index is 12.9. The number of aromatic nitrogens is 2. The van der Waals surface area contributed by atoms with Crippen molar-refractivity contribution < 1.29 is 9.21 Å². The number of nitrogens with zero attached hydrogens (tertiary/aromatic N) is 3. The Labute approximate surface area is 182 Å². The second kappa shape index (κ2) is 8.13. The van der Waals surface area contributed by atoms with Crippen LogP contribution in [0.15, 0.2) is 63.3 Å². The molecule has 7 nitrogen and oxygen atoms in total. The van der Waals surface area contributed by atoms with Crippen LogP contribution in [0.25, 0.3) is 21.3 Å². The van der Waals surface area contributed by atoms with E-state index in [1.54, 1.807) is 17.0 Å². The van der Waals surface area contributed by atoms with E-state index in [4.69, 9.17) is 9.40 Å². The van der Waals surface area contributed by atoms with Crippen LogP contribution in [0.3, 0.4) is 0 Å². The van der Waals surface area contributed by atoms with Crippen LogP contribution in [0.4, 0.5) is 0 Å². The van der Waals surface area contributed by atoms with Crippen molar-refractivity contribution >= 4 is 27.5 Å². The highest BCUT2D eigenvalue weighted by Gasteiger charge is 2.28. The van der Waals surface area contributed by atoms with Crippen molar-refractivity contribution in [3.05, 3.63) is 76.0 Å². The monoisotopic (exact) mass is 434 g/mol. The maximum Gasteiger partial charge on any atom is 0.289 e. The molecule has 0 radical (unpaired) electrons. The lowest BCUT2D eigenvalue weighted by molar-refractivity contribution is 0.0547. The summed E-state index contributed by atoms with van der Waals surface area (Å²) < 4.78 is 5.23. The number of hydrogen-bond acceptors (Lipinski definition) is 6. The number of carbonyl (C=O) groups excluding carboxylic acids is 1. The van der Waals surface area contributed by atoms with E-state index in [0.29, 0.717) is 43.1 Å². The Bertz CT molecular complexity index is 1260. The number of rotatable bonds is 4. The number of thiophene rings is 1. The van der Waals surface area contributed by atoms with E-state index in [-0.39, 0.29) is 17.5 Å². The third-order valence-corrected chi connectivity index (χ3v) is 6.70. The predicted octanol–water partition coefficient (Wildman–Crippen LogP) is 3.76. The second-order valence-corrected chi connectivity index (χ2v) is 8.49. The molecular weight excluding hydrogens is 412 g/mol. The zero-order chi connectivity index (χ0) is 21.4. The van der Waals surface area contributed by atoms with Gasteiger partial charge in [0.25, 0.3) is 11.5 Å². The van der Waals surface area contributed by atoms with Crippen LogP contribution in [0.1, 0.15) is 29.3 Å². The zero-order valence-corrected chi connectivity index (χ0v) is 17.9. The minimum atomic E-state index is -0.112. The van der Waals surface area contributed by atoms with E-state index in [0.717, 1.165) is 16.0 Å². The van der Waals surface area contributed by atoms with Gasteiger partial charge in [0.2, 0.25) is 0 Å². The third kappa shape index (κ3) is 3.68. The highest BCUT2D eigenvalue weighted by molar-refractivity contribution is 7.17. The molecule has 1 aliphatic heterocycles. The van der Waals surface area contributed by atoms with Crippen molar-refractivity contribution in [1.82, 2.24) is 19.8 Å². The lowest BCUT2D eigenvalue weighted by Gasteiger charge is -2.37. The molecule has 1 aromatic carbocycles. The number of amides is 1. The molecule has 5 rings (SSSR count). The van der Waals surface area contributed by atoms with E-state index < -0.39 is 0 Å². The van der Waals surface area contributed by atoms with Gasteiger partial charge in [-0.1, -0.05) is 30.3 Å². The highest BCUT2D eigenvalue weighted by Crippen LogP contribution is 2.31. The Morgan fingerprint density at radius 3 is 2.61 bits per heavy atom. The summed E-state index contributed by atoms with van der Waals surface area (Å²) in [6, 6.07) is 13.2. The first kappa shape index (κ1) is 19.7. The Hall–Kier alpha value is -3.23. The van der Waals surface area contributed by atoms with Crippen molar-refractivity contribution in [2.75, 3.05) is 26.2 Å². The summed E-state index contributed by atoms with van der Waals surface area (Å²) in [7, 11) is 0. The fourth-order valence-electron chi connectivity index (χ4n) is 4.03. The molecule has 158 valence electrons. The number of H-pyrrole nitrogens is 1. The maximum absolute atomic E-state index is 12.9. The van der Waals surface area contributed by atoms with Gasteiger partial charge in [-0.3, -0.25) is 14.5 Å². The molecule has 1 saturated heterocycles. The molecule has 0 aliphatic carbocycles. The van der Waals surface area contributed by atoms with E-state index in [9.17, 15) is 9.59 Å². The van der Waals surface area contributed by atoms with E-state index >= 15 is 0 Å². The fourth-order valence-corrected chi connectivity index (χ4v) is 4.99. The lowest BCUT2D eigenvalue weighted by atomic mass is 10.1. The molecular formula is C23H22N4O3S. The number of aromatic amines is 1. The summed E-state index contributed by atoms with van der Waals surface area (Å²) in [5.41, 5.74) is 1.82. The molecule has 0 saturated carbocycles. The highest BCUT2D eigenvalue weighted by atomic mass is 32.1. The largest absolute Gasteiger partial charge is 0.459 e. The van der Waals surface area contributed by atoms with Gasteiger partial charge in [-0.2, -0.15) is 0 Å². The number of piperazine rings is 1. The average molecular weight is 435 g/mol. The topological polar surface area (TPSA) is 82.4 Å². The summed E-state index contributed by atoms with van der Waals surface area (Å²) >= 11 is 1.49. The van der Waals surface area contributed by atoms with Crippen LogP contribution in [-0.2, 0) is 0 Å². The van der Waals surface area contributed by atoms with Crippen LogP contribution in [0.2, 0.25) is 0 Å². The van der Waals surface area contributed by atoms with Crippen molar-refractivity contribution in [1.29, 1.82) is 0 Å². The van der Waals surface area contributed by atoms with Gasteiger partial charge in [-0.25, -0.2) is 4.98 Å². The van der Waals surface area contributed by atoms with Gasteiger partial charge in [0.15, 0.2) is 5.76 Å². The van der Waals surface area contributed by atoms with Gasteiger partial charge in [0.1, 0.15) is 10.7 Å². The van der Waals surface area contributed by atoms with Crippen molar-refractivity contribution in [3.8, 4) is 11.1 Å². The molecule has 31 heavy (non-hydrogen) atoms. The molecule has 1 atom stereocenters. The number of benzene rings is 1. The summed E-state index contributed by atoms with van der Waals surface area (Å²) in [6.45, 7) is 4.66. The molecule has 8 heteroatoms. The smallest absolute Gasteiger partial charge is 0.289 e. The van der Waals surface area contributed by atoms with Crippen LogP contribution >= 0.6 is 11.3 Å². The lowest BCUT2D eigenvalue weighted by Crippen LogP contribution is -2.49. The van der Waals surface area contributed by atoms with Gasteiger partial charge < -0.3 is 14.3 Å². The Morgan fingerprint density at radius 2 is 1.90 bits per heavy atom. The molecule has 1 aliphatic rings. The molecule has 1 N–H and O–H groups in total. The number of nitrogens with one attached hydrogen (secondary N) is 1. The summed E-state index contributed by atoms with van der Waals surface area (Å²) in [4.78, 5) is 38.0. The summed E-state index contributed by atoms with van der Waals surface area (Å²) in [5, 5.41) is 2.64. The van der Waals surface area contributed by atoms with E-state index in [1.807, 2.05) is 42.6 Å². The van der Waals surface area contributed by atoms with Gasteiger partial charge in [-0.15, -0.1) is 11.3 Å². The van der Waals surface area contributed by atoms with Gasteiger partial charge in [-0.05, 0) is 24.6 Å². The Morgan fingerprint density at radius 1 is 1.13 bits per heavy atom. The molecule has 0 bridgehead atoms. The number of furan rings is 1. The SMILES string of the molecule is CC(c1nc2scc(-c3ccccc3)c2c(=O)[nH]1)N1CCN(C(=O)c2ccco2)CC1. The molecule has 4 heterocycles. The van der Waals surface area contributed by atoms with Gasteiger partial charge in [0, 0.05) is 37.1 Å². The van der Waals surface area contributed by atoms with Crippen LogP contribution < -0.4 is 5.56 Å². The minimum absolute atomic E-state index is 0.0553. The van der Waals surface area contributed by atoms with Gasteiger partial charge in [0.05, 0.1) is 17.7 Å². The number of hydrogen-bond donors (Lipinski definition) is 1. The predicted molar refractivity (Wildman–Crippen MR) is 120 cm³/mol. The average Bonchev–Trinajstić information content (AvgIpc) is 3.49. The first-order valence-electron chi connectivity index (χ1n) is 10.3. The number of fused-ring (bicyclic) bond motifs is 1. The Kier molecular flexibility index (Phi) is 5.17. The molecule has 4 aromatic rings. The fraction of sp³-hybridized carbons (Fsp3) is 0.261. The van der Waals surface area contributed by atoms with Crippen molar-refractivity contribution in [2.24, 2.45) is 0 Å². The molecule has 1 fully saturated rings. The molecule has 1 unspecified atom stereocenters. The van der Waals surface area contributed by atoms with Crippen LogP contribution in [0, 0.1) is 0 Å². The third-order valence-electron chi connectivity index (χ3n) is 5.82. The molecule has 3 aromatic heterocycles. The van der Waals surface area contributed by atoms with Crippen molar-refractivity contribution in [3.63, 3.8) is 0 Å². The standard InChI is InChI=1S/C23H22N4O3S/c1-15(26-9-11-27(12-10-26)23(29)18-8-5-13-30-18)20-24-21(28)19-17(14-31-22(19)25-20)16-6-3-2-4-7-16/h2-8,13-15H,9-12H2,1H3,(H,24,25,28). The number of carbonyl (C=O) groups is 1. The minimum Gasteiger partial charge on any atom is -0.459 e. The van der Waals surface area contributed by atoms with Crippen LogP contribution in [-0.4, -0.2) is 51.9 Å². The quantitative estimate of drug-likeness (QED) is 0.529. The van der Waals surface area contributed by atoms with Gasteiger partial charge >= 0.3 is 0 Å². The normalized spacial score (nSPS) is 16.0. The summed E-state index contributed by atoms with van der Waals surface area (Å²) in [6.07, 6.45) is 1.51. The van der Waals surface area contributed by atoms with E-state index in [1.165, 1.54) is 17.6 Å². The molecule has 0 spiro atoms.